The molecule has 2 aromatic rings. The molecule has 2 rings (SSSR count). The van der Waals surface area contributed by atoms with E-state index in [0.717, 1.165) is 0 Å². The molecular formula is C8H11N5O. The second-order valence-corrected chi connectivity index (χ2v) is 3.15. The van der Waals surface area contributed by atoms with Crippen molar-refractivity contribution in [3.05, 3.63) is 22.6 Å². The zero-order valence-electron chi connectivity index (χ0n) is 7.69. The van der Waals surface area contributed by atoms with E-state index in [1.807, 2.05) is 0 Å². The van der Waals surface area contributed by atoms with Crippen LogP contribution in [0.15, 0.2) is 17.1 Å². The highest BCUT2D eigenvalue weighted by molar-refractivity contribution is 5.75. The Hall–Kier alpha value is -1.82. The molecule has 0 fully saturated rings. The Balaban J connectivity index is 2.85. The first kappa shape index (κ1) is 8.76. The van der Waals surface area contributed by atoms with E-state index in [1.54, 1.807) is 23.8 Å². The molecule has 0 saturated carbocycles. The molecule has 74 valence electrons. The summed E-state index contributed by atoms with van der Waals surface area (Å²) in [6, 6.07) is 1.67. The first-order valence-corrected chi connectivity index (χ1v) is 4.21. The fraction of sp³-hybridized carbons (Fsp3) is 0.250. The van der Waals surface area contributed by atoms with E-state index in [4.69, 9.17) is 11.5 Å². The summed E-state index contributed by atoms with van der Waals surface area (Å²) in [5.41, 5.74) is 11.4. The van der Waals surface area contributed by atoms with Crippen LogP contribution in [0.3, 0.4) is 0 Å². The van der Waals surface area contributed by atoms with Crippen molar-refractivity contribution in [1.82, 2.24) is 14.5 Å². The molecule has 0 aromatic carbocycles. The minimum Gasteiger partial charge on any atom is -0.369 e. The fourth-order valence-electron chi connectivity index (χ4n) is 1.39. The summed E-state index contributed by atoms with van der Waals surface area (Å²) >= 11 is 0. The third kappa shape index (κ3) is 1.16. The number of nitrogen functional groups attached to an aromatic ring is 1. The number of H-pyrrole nitrogens is 1. The van der Waals surface area contributed by atoms with E-state index >= 15 is 0 Å². The Morgan fingerprint density at radius 3 is 3.00 bits per heavy atom. The van der Waals surface area contributed by atoms with Crippen LogP contribution in [0.1, 0.15) is 13.1 Å². The highest BCUT2D eigenvalue weighted by Gasteiger charge is 2.08. The van der Waals surface area contributed by atoms with Crippen molar-refractivity contribution in [2.24, 2.45) is 5.73 Å². The zero-order chi connectivity index (χ0) is 10.3. The van der Waals surface area contributed by atoms with E-state index in [2.05, 4.69) is 9.97 Å². The molecule has 2 aromatic heterocycles. The van der Waals surface area contributed by atoms with Crippen molar-refractivity contribution in [3.8, 4) is 0 Å². The van der Waals surface area contributed by atoms with Gasteiger partial charge in [0.25, 0.3) is 5.56 Å². The smallest absolute Gasteiger partial charge is 0.261 e. The van der Waals surface area contributed by atoms with Gasteiger partial charge in [0.2, 0.25) is 5.95 Å². The summed E-state index contributed by atoms with van der Waals surface area (Å²) in [5, 5.41) is 0.497. The van der Waals surface area contributed by atoms with Gasteiger partial charge in [-0.25, -0.2) is 0 Å². The predicted molar refractivity (Wildman–Crippen MR) is 53.7 cm³/mol. The lowest BCUT2D eigenvalue weighted by Gasteiger charge is -2.07. The molecule has 0 saturated heterocycles. The number of nitrogens with zero attached hydrogens (tertiary/aromatic N) is 2. The average molecular weight is 193 g/mol. The molecule has 0 aliphatic heterocycles. The van der Waals surface area contributed by atoms with Crippen molar-refractivity contribution >= 4 is 17.0 Å². The maximum Gasteiger partial charge on any atom is 0.261 e. The number of aromatic amines is 1. The summed E-state index contributed by atoms with van der Waals surface area (Å²) in [5.74, 6) is 0.100. The van der Waals surface area contributed by atoms with E-state index in [-0.39, 0.29) is 17.7 Å². The van der Waals surface area contributed by atoms with Gasteiger partial charge in [-0.15, -0.1) is 0 Å². The summed E-state index contributed by atoms with van der Waals surface area (Å²) in [4.78, 5) is 17.9. The number of hydrogen-bond acceptors (Lipinski definition) is 4. The van der Waals surface area contributed by atoms with Crippen LogP contribution >= 0.6 is 0 Å². The molecule has 6 nitrogen and oxygen atoms in total. The van der Waals surface area contributed by atoms with Crippen LogP contribution in [0.25, 0.3) is 11.0 Å². The molecule has 1 atom stereocenters. The number of anilines is 1. The van der Waals surface area contributed by atoms with Gasteiger partial charge in [-0.1, -0.05) is 0 Å². The largest absolute Gasteiger partial charge is 0.369 e. The minimum absolute atomic E-state index is 0.100. The zero-order valence-corrected chi connectivity index (χ0v) is 7.69. The molecule has 6 heteroatoms. The normalized spacial score (nSPS) is 13.3. The topological polar surface area (TPSA) is 103 Å². The summed E-state index contributed by atoms with van der Waals surface area (Å²) in [6.07, 6.45) is 1.48. The first-order chi connectivity index (χ1) is 6.59. The van der Waals surface area contributed by atoms with Gasteiger partial charge in [0.05, 0.1) is 11.6 Å². The monoisotopic (exact) mass is 193 g/mol. The Labute approximate surface area is 79.5 Å². The quantitative estimate of drug-likeness (QED) is 0.582. The van der Waals surface area contributed by atoms with Crippen LogP contribution in [0.5, 0.6) is 0 Å². The molecule has 0 bridgehead atoms. The van der Waals surface area contributed by atoms with Gasteiger partial charge >= 0.3 is 0 Å². The lowest BCUT2D eigenvalue weighted by Crippen LogP contribution is -2.16. The van der Waals surface area contributed by atoms with Crippen molar-refractivity contribution < 1.29 is 0 Å². The molecule has 0 aliphatic rings. The highest BCUT2D eigenvalue weighted by atomic mass is 16.1. The van der Waals surface area contributed by atoms with Gasteiger partial charge in [0.1, 0.15) is 0 Å². The Morgan fingerprint density at radius 2 is 2.36 bits per heavy atom. The molecular weight excluding hydrogens is 182 g/mol. The number of nitrogens with two attached hydrogens (primary N) is 2. The third-order valence-electron chi connectivity index (χ3n) is 2.04. The van der Waals surface area contributed by atoms with Crippen molar-refractivity contribution in [1.29, 1.82) is 0 Å². The minimum atomic E-state index is -0.244. The Kier molecular flexibility index (Phi) is 1.78. The SMILES string of the molecule is C[C@H](N)n1ccc2c(=O)[nH]c(N)nc21. The number of rotatable bonds is 1. The van der Waals surface area contributed by atoms with E-state index in [1.165, 1.54) is 0 Å². The van der Waals surface area contributed by atoms with E-state index < -0.39 is 0 Å². The summed E-state index contributed by atoms with van der Waals surface area (Å²) < 4.78 is 1.70. The van der Waals surface area contributed by atoms with Crippen LogP contribution in [0.2, 0.25) is 0 Å². The van der Waals surface area contributed by atoms with Crippen molar-refractivity contribution in [2.75, 3.05) is 5.73 Å². The molecule has 0 radical (unpaired) electrons. The maximum absolute atomic E-state index is 11.4. The van der Waals surface area contributed by atoms with Gasteiger partial charge in [-0.3, -0.25) is 9.78 Å². The van der Waals surface area contributed by atoms with Crippen LogP contribution in [0, 0.1) is 0 Å². The molecule has 0 spiro atoms. The van der Waals surface area contributed by atoms with Gasteiger partial charge < -0.3 is 16.0 Å². The lowest BCUT2D eigenvalue weighted by molar-refractivity contribution is 0.588. The standard InChI is InChI=1S/C8H11N5O/c1-4(9)13-3-2-5-6(13)11-8(10)12-7(5)14/h2-4H,9H2,1H3,(H3,10,11,12,14)/t4-/m1/s1. The second-order valence-electron chi connectivity index (χ2n) is 3.15. The first-order valence-electron chi connectivity index (χ1n) is 4.21. The van der Waals surface area contributed by atoms with Crippen LogP contribution in [0.4, 0.5) is 5.95 Å². The molecule has 0 unspecified atom stereocenters. The van der Waals surface area contributed by atoms with Gasteiger partial charge in [-0.05, 0) is 13.0 Å². The molecule has 14 heavy (non-hydrogen) atoms. The van der Waals surface area contributed by atoms with Gasteiger partial charge in [-0.2, -0.15) is 4.98 Å². The Morgan fingerprint density at radius 1 is 1.64 bits per heavy atom. The van der Waals surface area contributed by atoms with Crippen LogP contribution < -0.4 is 17.0 Å². The number of nitrogens with one attached hydrogen (secondary N) is 1. The summed E-state index contributed by atoms with van der Waals surface area (Å²) in [6.45, 7) is 1.80. The summed E-state index contributed by atoms with van der Waals surface area (Å²) in [7, 11) is 0. The molecule has 0 aliphatic carbocycles. The molecule has 2 heterocycles. The number of fused-ring (bicyclic) bond motifs is 1. The van der Waals surface area contributed by atoms with Crippen molar-refractivity contribution in [3.63, 3.8) is 0 Å². The van der Waals surface area contributed by atoms with Crippen LogP contribution in [-0.2, 0) is 0 Å². The molecule has 0 amide bonds. The predicted octanol–water partition coefficient (Wildman–Crippen LogP) is -0.216. The number of hydrogen-bond donors (Lipinski definition) is 3. The van der Waals surface area contributed by atoms with Crippen LogP contribution in [-0.4, -0.2) is 14.5 Å². The van der Waals surface area contributed by atoms with Gasteiger partial charge in [0, 0.05) is 6.20 Å². The van der Waals surface area contributed by atoms with E-state index in [0.29, 0.717) is 11.0 Å². The number of aromatic nitrogens is 3. The van der Waals surface area contributed by atoms with Crippen molar-refractivity contribution in [2.45, 2.75) is 13.1 Å². The Bertz CT molecular complexity index is 524. The lowest BCUT2D eigenvalue weighted by atomic mass is 10.4. The van der Waals surface area contributed by atoms with E-state index in [9.17, 15) is 4.79 Å². The van der Waals surface area contributed by atoms with Gasteiger partial charge in [0.15, 0.2) is 5.65 Å². The molecule has 5 N–H and O–H groups in total. The maximum atomic E-state index is 11.4. The third-order valence-corrected chi connectivity index (χ3v) is 2.04. The second kappa shape index (κ2) is 2.85. The average Bonchev–Trinajstić information content (AvgIpc) is 2.47. The fourth-order valence-corrected chi connectivity index (χ4v) is 1.39. The highest BCUT2D eigenvalue weighted by Crippen LogP contribution is 2.12.